The SMILES string of the molecule is O=C1CC2(O)CC(=O)O/C(=C(\Cl)O1)OC2=O. The number of hydrogen-bond acceptors (Lipinski definition) is 7. The molecule has 2 bridgehead atoms. The van der Waals surface area contributed by atoms with Crippen LogP contribution in [0.1, 0.15) is 12.8 Å². The second kappa shape index (κ2) is 3.46. The molecule has 0 spiro atoms. The first-order valence-corrected chi connectivity index (χ1v) is 4.54. The second-order valence-electron chi connectivity index (χ2n) is 3.28. The van der Waals surface area contributed by atoms with Crippen LogP contribution in [0.15, 0.2) is 11.2 Å². The summed E-state index contributed by atoms with van der Waals surface area (Å²) in [7, 11) is 0. The maximum Gasteiger partial charge on any atom is 0.352 e. The molecule has 8 heteroatoms. The molecule has 2 heterocycles. The van der Waals surface area contributed by atoms with Gasteiger partial charge in [0.15, 0.2) is 5.60 Å². The van der Waals surface area contributed by atoms with Gasteiger partial charge in [0, 0.05) is 0 Å². The molecule has 16 heavy (non-hydrogen) atoms. The van der Waals surface area contributed by atoms with Crippen LogP contribution in [0, 0.1) is 0 Å². The van der Waals surface area contributed by atoms with Crippen LogP contribution in [0.4, 0.5) is 0 Å². The van der Waals surface area contributed by atoms with Crippen molar-refractivity contribution in [2.75, 3.05) is 0 Å². The van der Waals surface area contributed by atoms with E-state index in [4.69, 9.17) is 11.6 Å². The van der Waals surface area contributed by atoms with Gasteiger partial charge in [-0.25, -0.2) is 4.79 Å². The molecule has 0 saturated carbocycles. The van der Waals surface area contributed by atoms with Crippen LogP contribution in [-0.2, 0) is 28.6 Å². The Bertz CT molecular complexity index is 424. The maximum absolute atomic E-state index is 11.4. The van der Waals surface area contributed by atoms with Crippen LogP contribution in [-0.4, -0.2) is 28.6 Å². The van der Waals surface area contributed by atoms with Crippen molar-refractivity contribution in [1.82, 2.24) is 0 Å². The van der Waals surface area contributed by atoms with Gasteiger partial charge >= 0.3 is 23.9 Å². The minimum absolute atomic E-state index is 0.657. The van der Waals surface area contributed by atoms with Crippen molar-refractivity contribution in [3.05, 3.63) is 11.2 Å². The summed E-state index contributed by atoms with van der Waals surface area (Å²) in [5.74, 6) is -3.82. The topological polar surface area (TPSA) is 99.1 Å². The number of rotatable bonds is 0. The molecular formula is C8H5ClO7. The predicted octanol–water partition coefficient (Wildman–Crippen LogP) is -0.480. The highest BCUT2D eigenvalue weighted by Crippen LogP contribution is 2.30. The van der Waals surface area contributed by atoms with E-state index in [9.17, 15) is 19.5 Å². The number of fused-ring (bicyclic) bond motifs is 3. The molecule has 0 aromatic rings. The van der Waals surface area contributed by atoms with Crippen molar-refractivity contribution in [3.63, 3.8) is 0 Å². The third-order valence-corrected chi connectivity index (χ3v) is 2.24. The van der Waals surface area contributed by atoms with Gasteiger partial charge in [0.05, 0.1) is 12.8 Å². The fourth-order valence-corrected chi connectivity index (χ4v) is 1.45. The molecule has 0 radical (unpaired) electrons. The average Bonchev–Trinajstić information content (AvgIpc) is 2.21. The smallest absolute Gasteiger partial charge is 0.352 e. The van der Waals surface area contributed by atoms with E-state index < -0.39 is 47.5 Å². The van der Waals surface area contributed by atoms with Crippen molar-refractivity contribution in [2.45, 2.75) is 18.4 Å². The Morgan fingerprint density at radius 2 is 1.62 bits per heavy atom. The number of ether oxygens (including phenoxy) is 3. The highest BCUT2D eigenvalue weighted by Gasteiger charge is 2.49. The lowest BCUT2D eigenvalue weighted by atomic mass is 9.96. The molecular weight excluding hydrogens is 244 g/mol. The largest absolute Gasteiger partial charge is 0.406 e. The zero-order valence-electron chi connectivity index (χ0n) is 7.69. The summed E-state index contributed by atoms with van der Waals surface area (Å²) < 4.78 is 13.4. The number of cyclic esters (lactones) is 1. The van der Waals surface area contributed by atoms with E-state index in [1.54, 1.807) is 0 Å². The van der Waals surface area contributed by atoms with Gasteiger partial charge in [-0.1, -0.05) is 0 Å². The van der Waals surface area contributed by atoms with Crippen molar-refractivity contribution in [2.24, 2.45) is 0 Å². The third-order valence-electron chi connectivity index (χ3n) is 2.01. The van der Waals surface area contributed by atoms with Gasteiger partial charge in [0.2, 0.25) is 0 Å². The monoisotopic (exact) mass is 248 g/mol. The molecule has 0 amide bonds. The number of carbonyl (C=O) groups excluding carboxylic acids is 3. The number of esters is 3. The zero-order valence-corrected chi connectivity index (χ0v) is 8.44. The highest BCUT2D eigenvalue weighted by atomic mass is 35.5. The number of hydrogen-bond donors (Lipinski definition) is 1. The van der Waals surface area contributed by atoms with E-state index in [0.29, 0.717) is 0 Å². The van der Waals surface area contributed by atoms with Crippen molar-refractivity contribution in [3.8, 4) is 0 Å². The van der Waals surface area contributed by atoms with Gasteiger partial charge in [0.1, 0.15) is 0 Å². The fraction of sp³-hybridized carbons (Fsp3) is 0.375. The van der Waals surface area contributed by atoms with Crippen LogP contribution in [0.5, 0.6) is 0 Å². The van der Waals surface area contributed by atoms with E-state index >= 15 is 0 Å². The van der Waals surface area contributed by atoms with Crippen LogP contribution >= 0.6 is 11.6 Å². The van der Waals surface area contributed by atoms with Crippen molar-refractivity contribution in [1.29, 1.82) is 0 Å². The lowest BCUT2D eigenvalue weighted by Crippen LogP contribution is -2.43. The summed E-state index contributed by atoms with van der Waals surface area (Å²) in [4.78, 5) is 33.8. The van der Waals surface area contributed by atoms with Crippen LogP contribution in [0.2, 0.25) is 0 Å². The summed E-state index contributed by atoms with van der Waals surface area (Å²) >= 11 is 5.43. The highest BCUT2D eigenvalue weighted by molar-refractivity contribution is 6.29. The van der Waals surface area contributed by atoms with Crippen LogP contribution in [0.3, 0.4) is 0 Å². The lowest BCUT2D eigenvalue weighted by Gasteiger charge is -2.21. The normalized spacial score (nSPS) is 34.5. The molecule has 1 N–H and O–H groups in total. The summed E-state index contributed by atoms with van der Waals surface area (Å²) in [6.07, 6.45) is -1.43. The summed E-state index contributed by atoms with van der Waals surface area (Å²) in [5.41, 5.74) is -2.27. The molecule has 0 aliphatic carbocycles. The van der Waals surface area contributed by atoms with Gasteiger partial charge in [-0.15, -0.1) is 0 Å². The van der Waals surface area contributed by atoms with Gasteiger partial charge < -0.3 is 19.3 Å². The molecule has 1 fully saturated rings. The van der Waals surface area contributed by atoms with Crippen LogP contribution in [0.25, 0.3) is 0 Å². The van der Waals surface area contributed by atoms with Gasteiger partial charge in [0.25, 0.3) is 5.22 Å². The minimum Gasteiger partial charge on any atom is -0.406 e. The van der Waals surface area contributed by atoms with E-state index in [1.165, 1.54) is 0 Å². The Kier molecular flexibility index (Phi) is 2.36. The first-order valence-electron chi connectivity index (χ1n) is 4.16. The zero-order chi connectivity index (χ0) is 11.9. The molecule has 1 saturated heterocycles. The Morgan fingerprint density at radius 3 is 2.25 bits per heavy atom. The van der Waals surface area contributed by atoms with E-state index in [1.807, 2.05) is 0 Å². The standard InChI is InChI=1S/C8H5ClO7/c9-5-6-15-4(11)2-8(13,7(12)16-6)1-3(10)14-5/h13H,1-2H2/b6-5-. The quantitative estimate of drug-likeness (QED) is 0.578. The molecule has 2 aliphatic heterocycles. The van der Waals surface area contributed by atoms with Crippen molar-refractivity contribution >= 4 is 29.5 Å². The average molecular weight is 249 g/mol. The van der Waals surface area contributed by atoms with E-state index in [2.05, 4.69) is 14.2 Å². The molecule has 1 atom stereocenters. The van der Waals surface area contributed by atoms with Gasteiger partial charge in [-0.05, 0) is 11.6 Å². The first-order chi connectivity index (χ1) is 7.40. The predicted molar refractivity (Wildman–Crippen MR) is 45.3 cm³/mol. The van der Waals surface area contributed by atoms with Gasteiger partial charge in [-0.3, -0.25) is 9.59 Å². The summed E-state index contributed by atoms with van der Waals surface area (Å²) in [6, 6.07) is 0. The Balaban J connectivity index is 2.53. The molecule has 86 valence electrons. The summed E-state index contributed by atoms with van der Waals surface area (Å²) in [5, 5.41) is 9.10. The third kappa shape index (κ3) is 1.74. The molecule has 1 unspecified atom stereocenters. The first kappa shape index (κ1) is 10.9. The molecule has 0 aromatic carbocycles. The Hall–Kier alpha value is -1.60. The van der Waals surface area contributed by atoms with Crippen molar-refractivity contribution < 1.29 is 33.7 Å². The van der Waals surface area contributed by atoms with Gasteiger partial charge in [-0.2, -0.15) is 0 Å². The Morgan fingerprint density at radius 1 is 1.06 bits per heavy atom. The molecule has 2 rings (SSSR count). The number of halogens is 1. The van der Waals surface area contributed by atoms with E-state index in [-0.39, 0.29) is 0 Å². The minimum atomic E-state index is -2.27. The van der Waals surface area contributed by atoms with Crippen LogP contribution < -0.4 is 0 Å². The Labute approximate surface area is 93.5 Å². The summed E-state index contributed by atoms with van der Waals surface area (Å²) in [6.45, 7) is 0. The molecule has 2 aliphatic rings. The molecule has 7 nitrogen and oxygen atoms in total. The van der Waals surface area contributed by atoms with E-state index in [0.717, 1.165) is 0 Å². The second-order valence-corrected chi connectivity index (χ2v) is 3.63. The molecule has 0 aromatic heterocycles. The maximum atomic E-state index is 11.4. The fourth-order valence-electron chi connectivity index (χ4n) is 1.28. The lowest BCUT2D eigenvalue weighted by molar-refractivity contribution is -0.171. The number of carbonyl (C=O) groups is 3. The number of aliphatic hydroxyl groups is 1.